The number of anilines is 1. The number of fused-ring (bicyclic) bond motifs is 1. The topological polar surface area (TPSA) is 73.2 Å². The molecule has 3 rings (SSSR count). The maximum Gasteiger partial charge on any atom is 0.266 e. The third kappa shape index (κ3) is 2.69. The Morgan fingerprint density at radius 1 is 1.45 bits per heavy atom. The van der Waals surface area contributed by atoms with Crippen LogP contribution in [0.5, 0.6) is 5.75 Å². The molecule has 22 heavy (non-hydrogen) atoms. The fourth-order valence-electron chi connectivity index (χ4n) is 2.18. The summed E-state index contributed by atoms with van der Waals surface area (Å²) in [5.74, 6) is -0.174. The molecular formula is C15H14ClN3O3. The molecule has 6 nitrogen and oxygen atoms in total. The van der Waals surface area contributed by atoms with E-state index in [1.165, 1.54) is 4.68 Å². The molecule has 0 spiro atoms. The molecule has 1 N–H and O–H groups in total. The average molecular weight is 320 g/mol. The molecule has 0 fully saturated rings. The molecule has 1 aromatic heterocycles. The maximum absolute atomic E-state index is 12.2. The summed E-state index contributed by atoms with van der Waals surface area (Å²) in [7, 11) is 0. The Labute approximate surface area is 132 Å². The first-order valence-corrected chi connectivity index (χ1v) is 7.15. The van der Waals surface area contributed by atoms with Crippen LogP contribution in [0.15, 0.2) is 24.4 Å². The third-order valence-electron chi connectivity index (χ3n) is 3.52. The van der Waals surface area contributed by atoms with Gasteiger partial charge in [-0.2, -0.15) is 5.10 Å². The normalized spacial score (nSPS) is 16.7. The number of ether oxygens (including phenoxy) is 1. The molecule has 114 valence electrons. The first-order chi connectivity index (χ1) is 10.4. The maximum atomic E-state index is 12.2. The van der Waals surface area contributed by atoms with Crippen molar-refractivity contribution in [1.29, 1.82) is 0 Å². The van der Waals surface area contributed by atoms with Gasteiger partial charge in [0.25, 0.3) is 11.8 Å². The highest BCUT2D eigenvalue weighted by atomic mass is 35.5. The van der Waals surface area contributed by atoms with Crippen molar-refractivity contribution < 1.29 is 14.3 Å². The van der Waals surface area contributed by atoms with Gasteiger partial charge in [-0.1, -0.05) is 11.6 Å². The molecule has 7 heteroatoms. The summed E-state index contributed by atoms with van der Waals surface area (Å²) in [5.41, 5.74) is 2.21. The molecule has 0 saturated heterocycles. The molecule has 0 radical (unpaired) electrons. The van der Waals surface area contributed by atoms with Gasteiger partial charge in [0.1, 0.15) is 5.75 Å². The van der Waals surface area contributed by atoms with Crippen LogP contribution in [-0.4, -0.2) is 27.7 Å². The molecule has 1 unspecified atom stereocenters. The van der Waals surface area contributed by atoms with Crippen molar-refractivity contribution in [1.82, 2.24) is 9.78 Å². The Hall–Kier alpha value is -2.34. The van der Waals surface area contributed by atoms with Gasteiger partial charge in [0, 0.05) is 11.2 Å². The first-order valence-electron chi connectivity index (χ1n) is 6.77. The molecule has 1 aliphatic heterocycles. The van der Waals surface area contributed by atoms with Crippen molar-refractivity contribution in [2.45, 2.75) is 26.4 Å². The molecule has 1 aromatic carbocycles. The van der Waals surface area contributed by atoms with E-state index in [0.29, 0.717) is 16.5 Å². The van der Waals surface area contributed by atoms with Gasteiger partial charge in [-0.05, 0) is 37.6 Å². The lowest BCUT2D eigenvalue weighted by Crippen LogP contribution is -2.39. The van der Waals surface area contributed by atoms with Crippen molar-refractivity contribution in [2.75, 3.05) is 5.32 Å². The van der Waals surface area contributed by atoms with Gasteiger partial charge in [-0.15, -0.1) is 0 Å². The number of aryl methyl sites for hydroxylation is 2. The number of hydrogen-bond donors (Lipinski definition) is 1. The highest BCUT2D eigenvalue weighted by Gasteiger charge is 2.30. The highest BCUT2D eigenvalue weighted by Crippen LogP contribution is 2.32. The Bertz CT molecular complexity index is 750. The summed E-state index contributed by atoms with van der Waals surface area (Å²) in [4.78, 5) is 24.3. The van der Waals surface area contributed by atoms with Crippen LogP contribution in [0, 0.1) is 13.8 Å². The molecule has 0 saturated carbocycles. The van der Waals surface area contributed by atoms with Crippen LogP contribution in [0.25, 0.3) is 0 Å². The van der Waals surface area contributed by atoms with Crippen molar-refractivity contribution >= 4 is 29.1 Å². The Morgan fingerprint density at radius 3 is 2.91 bits per heavy atom. The molecule has 2 aromatic rings. The van der Waals surface area contributed by atoms with Gasteiger partial charge in [0.2, 0.25) is 0 Å². The monoisotopic (exact) mass is 319 g/mol. The van der Waals surface area contributed by atoms with E-state index < -0.39 is 6.10 Å². The number of benzene rings is 1. The molecule has 0 bridgehead atoms. The van der Waals surface area contributed by atoms with Crippen LogP contribution in [0.2, 0.25) is 5.02 Å². The number of hydrogen-bond acceptors (Lipinski definition) is 4. The largest absolute Gasteiger partial charge is 0.478 e. The minimum atomic E-state index is -0.883. The fourth-order valence-corrected chi connectivity index (χ4v) is 2.36. The van der Waals surface area contributed by atoms with Gasteiger partial charge in [0.15, 0.2) is 6.10 Å². The van der Waals surface area contributed by atoms with E-state index in [-0.39, 0.29) is 18.2 Å². The third-order valence-corrected chi connectivity index (χ3v) is 3.76. The number of carbonyl (C=O) groups excluding carboxylic acids is 2. The average Bonchev–Trinajstić information content (AvgIpc) is 2.80. The van der Waals surface area contributed by atoms with Gasteiger partial charge in [-0.25, -0.2) is 4.68 Å². The lowest BCUT2D eigenvalue weighted by atomic mass is 10.1. The number of halogens is 1. The van der Waals surface area contributed by atoms with E-state index in [9.17, 15) is 9.59 Å². The number of nitrogens with one attached hydrogen (secondary N) is 1. The zero-order valence-electron chi connectivity index (χ0n) is 12.1. The molecule has 0 aliphatic carbocycles. The Morgan fingerprint density at radius 2 is 2.23 bits per heavy atom. The number of nitrogens with zero attached hydrogens (tertiary/aromatic N) is 2. The predicted octanol–water partition coefficient (Wildman–Crippen LogP) is 2.58. The quantitative estimate of drug-likeness (QED) is 0.923. The summed E-state index contributed by atoms with van der Waals surface area (Å²) < 4.78 is 6.84. The number of carbonyl (C=O) groups is 2. The zero-order chi connectivity index (χ0) is 15.9. The molecule has 1 amide bonds. The van der Waals surface area contributed by atoms with E-state index >= 15 is 0 Å². The molecule has 1 atom stereocenters. The highest BCUT2D eigenvalue weighted by molar-refractivity contribution is 6.31. The van der Waals surface area contributed by atoms with Crippen molar-refractivity contribution in [3.05, 3.63) is 40.7 Å². The molecule has 1 aliphatic rings. The van der Waals surface area contributed by atoms with E-state index in [1.54, 1.807) is 24.4 Å². The van der Waals surface area contributed by atoms with Crippen molar-refractivity contribution in [3.63, 3.8) is 0 Å². The number of rotatable bonds is 2. The minimum Gasteiger partial charge on any atom is -0.478 e. The van der Waals surface area contributed by atoms with Crippen LogP contribution in [-0.2, 0) is 4.79 Å². The summed E-state index contributed by atoms with van der Waals surface area (Å²) in [6, 6.07) is 4.93. The van der Waals surface area contributed by atoms with E-state index in [1.807, 2.05) is 13.8 Å². The summed E-state index contributed by atoms with van der Waals surface area (Å²) in [6.45, 7) is 3.69. The number of amides is 1. The van der Waals surface area contributed by atoms with Gasteiger partial charge in [-0.3, -0.25) is 9.59 Å². The smallest absolute Gasteiger partial charge is 0.266 e. The van der Waals surface area contributed by atoms with Crippen LogP contribution in [0.4, 0.5) is 5.69 Å². The zero-order valence-corrected chi connectivity index (χ0v) is 12.8. The van der Waals surface area contributed by atoms with Crippen LogP contribution < -0.4 is 10.1 Å². The van der Waals surface area contributed by atoms with E-state index in [4.69, 9.17) is 16.3 Å². The van der Waals surface area contributed by atoms with E-state index in [2.05, 4.69) is 10.4 Å². The van der Waals surface area contributed by atoms with Crippen LogP contribution in [0.1, 0.15) is 22.5 Å². The van der Waals surface area contributed by atoms with Crippen molar-refractivity contribution in [3.8, 4) is 5.75 Å². The van der Waals surface area contributed by atoms with E-state index in [0.717, 1.165) is 11.3 Å². The SMILES string of the molecule is Cc1cn(C(=O)CC2Oc3ccc(Cl)cc3NC2=O)nc1C. The summed E-state index contributed by atoms with van der Waals surface area (Å²) in [5, 5.41) is 7.31. The minimum absolute atomic E-state index is 0.0888. The van der Waals surface area contributed by atoms with Crippen molar-refractivity contribution in [2.24, 2.45) is 0 Å². The van der Waals surface area contributed by atoms with Crippen LogP contribution in [0.3, 0.4) is 0 Å². The molecule has 2 heterocycles. The Balaban J connectivity index is 1.77. The van der Waals surface area contributed by atoms with Gasteiger partial charge >= 0.3 is 0 Å². The number of aromatic nitrogens is 2. The lowest BCUT2D eigenvalue weighted by Gasteiger charge is -2.25. The summed E-state index contributed by atoms with van der Waals surface area (Å²) in [6.07, 6.45) is 0.673. The second-order valence-corrected chi connectivity index (χ2v) is 5.61. The second-order valence-electron chi connectivity index (χ2n) is 5.18. The predicted molar refractivity (Wildman–Crippen MR) is 81.4 cm³/mol. The van der Waals surface area contributed by atoms with Gasteiger partial charge in [0.05, 0.1) is 17.8 Å². The summed E-state index contributed by atoms with van der Waals surface area (Å²) >= 11 is 5.87. The standard InChI is InChI=1S/C15H14ClN3O3/c1-8-7-19(18-9(8)2)14(20)6-13-15(21)17-11-5-10(16)3-4-12(11)22-13/h3-5,7,13H,6H2,1-2H3,(H,17,21). The fraction of sp³-hybridized carbons (Fsp3) is 0.267. The second kappa shape index (κ2) is 5.46. The lowest BCUT2D eigenvalue weighted by molar-refractivity contribution is -0.123. The van der Waals surface area contributed by atoms with Crippen LogP contribution >= 0.6 is 11.6 Å². The Kier molecular flexibility index (Phi) is 3.62. The van der Waals surface area contributed by atoms with Gasteiger partial charge < -0.3 is 10.1 Å². The molecular weight excluding hydrogens is 306 g/mol. The first kappa shape index (κ1) is 14.6.